The molecule has 0 atom stereocenters. The molecule has 136 valence electrons. The molecule has 2 aliphatic heterocycles. The molecule has 0 radical (unpaired) electrons. The van der Waals surface area contributed by atoms with E-state index in [9.17, 15) is 4.79 Å². The molecule has 0 spiro atoms. The van der Waals surface area contributed by atoms with E-state index in [1.54, 1.807) is 0 Å². The highest BCUT2D eigenvalue weighted by molar-refractivity contribution is 9.10. The van der Waals surface area contributed by atoms with E-state index in [1.165, 1.54) is 0 Å². The number of para-hydroxylation sites is 2. The van der Waals surface area contributed by atoms with Gasteiger partial charge in [-0.3, -0.25) is 4.90 Å². The highest BCUT2D eigenvalue weighted by atomic mass is 79.9. The first-order chi connectivity index (χ1) is 12.7. The monoisotopic (exact) mass is 415 g/mol. The predicted molar refractivity (Wildman–Crippen MR) is 107 cm³/mol. The number of hydrogen-bond donors (Lipinski definition) is 0. The third-order valence-electron chi connectivity index (χ3n) is 4.91. The second-order valence-electron chi connectivity index (χ2n) is 6.57. The lowest BCUT2D eigenvalue weighted by atomic mass is 10.2. The summed E-state index contributed by atoms with van der Waals surface area (Å²) < 4.78 is 6.52. The molecule has 2 aliphatic rings. The average Bonchev–Trinajstić information content (AvgIpc) is 3.04. The number of rotatable bonds is 4. The van der Waals surface area contributed by atoms with Crippen LogP contribution in [0.4, 0.5) is 16.2 Å². The van der Waals surface area contributed by atoms with Gasteiger partial charge in [0, 0.05) is 37.2 Å². The fourth-order valence-electron chi connectivity index (χ4n) is 3.53. The molecule has 26 heavy (non-hydrogen) atoms. The fraction of sp³-hybridized carbons (Fsp3) is 0.350. The van der Waals surface area contributed by atoms with Crippen molar-refractivity contribution in [2.24, 2.45) is 0 Å². The quantitative estimate of drug-likeness (QED) is 0.762. The summed E-state index contributed by atoms with van der Waals surface area (Å²) in [5, 5.41) is 0. The van der Waals surface area contributed by atoms with Crippen molar-refractivity contribution in [3.05, 3.63) is 58.6 Å². The Morgan fingerprint density at radius 1 is 0.885 bits per heavy atom. The largest absolute Gasteiger partial charge is 0.378 e. The zero-order chi connectivity index (χ0) is 17.9. The lowest BCUT2D eigenvalue weighted by molar-refractivity contribution is 0.123. The molecule has 4 rings (SSSR count). The molecule has 0 unspecified atom stereocenters. The van der Waals surface area contributed by atoms with E-state index in [0.29, 0.717) is 6.54 Å². The van der Waals surface area contributed by atoms with Gasteiger partial charge in [-0.2, -0.15) is 0 Å². The van der Waals surface area contributed by atoms with Crippen LogP contribution in [0.3, 0.4) is 0 Å². The van der Waals surface area contributed by atoms with Crippen LogP contribution in [0, 0.1) is 0 Å². The van der Waals surface area contributed by atoms with Crippen LogP contribution >= 0.6 is 15.9 Å². The number of carbonyl (C=O) groups is 1. The Bertz CT molecular complexity index is 775. The van der Waals surface area contributed by atoms with Gasteiger partial charge in [0.05, 0.1) is 24.6 Å². The number of amides is 2. The smallest absolute Gasteiger partial charge is 0.324 e. The van der Waals surface area contributed by atoms with E-state index in [0.717, 1.165) is 60.8 Å². The van der Waals surface area contributed by atoms with Crippen molar-refractivity contribution in [1.29, 1.82) is 0 Å². The molecule has 0 saturated carbocycles. The third kappa shape index (κ3) is 3.57. The molecule has 2 fully saturated rings. The van der Waals surface area contributed by atoms with Crippen LogP contribution < -0.4 is 9.80 Å². The molecule has 0 aliphatic carbocycles. The van der Waals surface area contributed by atoms with Gasteiger partial charge in [0.1, 0.15) is 0 Å². The third-order valence-corrected chi connectivity index (χ3v) is 5.43. The number of anilines is 2. The molecule has 0 N–H and O–H groups in total. The number of halogens is 1. The number of hydrogen-bond acceptors (Lipinski definition) is 3. The number of morpholine rings is 1. The Morgan fingerprint density at radius 3 is 2.31 bits per heavy atom. The summed E-state index contributed by atoms with van der Waals surface area (Å²) in [6.07, 6.45) is 0. The van der Waals surface area contributed by atoms with Crippen molar-refractivity contribution >= 4 is 33.3 Å². The number of nitrogens with zero attached hydrogens (tertiary/aromatic N) is 3. The normalized spacial score (nSPS) is 17.9. The molecular formula is C20H22BrN3O2. The number of carbonyl (C=O) groups excluding carboxylic acids is 1. The van der Waals surface area contributed by atoms with Gasteiger partial charge in [0.25, 0.3) is 0 Å². The summed E-state index contributed by atoms with van der Waals surface area (Å²) in [6, 6.07) is 16.4. The van der Waals surface area contributed by atoms with E-state index >= 15 is 0 Å². The molecule has 2 heterocycles. The summed E-state index contributed by atoms with van der Waals surface area (Å²) in [4.78, 5) is 19.1. The minimum absolute atomic E-state index is 0.0774. The summed E-state index contributed by atoms with van der Waals surface area (Å²) in [6.45, 7) is 5.30. The molecule has 6 heteroatoms. The van der Waals surface area contributed by atoms with E-state index < -0.39 is 0 Å². The van der Waals surface area contributed by atoms with Gasteiger partial charge in [0.15, 0.2) is 0 Å². The molecule has 2 amide bonds. The van der Waals surface area contributed by atoms with Crippen molar-refractivity contribution in [1.82, 2.24) is 4.90 Å². The molecule has 2 aromatic rings. The SMILES string of the molecule is O=C1N(Cc2ccc(Br)cc2)CCN1c1ccccc1N1CCOCC1. The highest BCUT2D eigenvalue weighted by Crippen LogP contribution is 2.32. The van der Waals surface area contributed by atoms with Gasteiger partial charge in [-0.25, -0.2) is 4.79 Å². The zero-order valence-electron chi connectivity index (χ0n) is 14.6. The Balaban J connectivity index is 1.52. The lowest BCUT2D eigenvalue weighted by Crippen LogP contribution is -2.38. The second-order valence-corrected chi connectivity index (χ2v) is 7.49. The van der Waals surface area contributed by atoms with Crippen molar-refractivity contribution in [2.45, 2.75) is 6.54 Å². The van der Waals surface area contributed by atoms with Crippen molar-refractivity contribution in [3.63, 3.8) is 0 Å². The average molecular weight is 416 g/mol. The van der Waals surface area contributed by atoms with Crippen LogP contribution in [0.2, 0.25) is 0 Å². The number of urea groups is 1. The van der Waals surface area contributed by atoms with Crippen LogP contribution in [-0.2, 0) is 11.3 Å². The minimum Gasteiger partial charge on any atom is -0.378 e. The molecule has 0 aromatic heterocycles. The Hall–Kier alpha value is -2.05. The van der Waals surface area contributed by atoms with E-state index in [1.807, 2.05) is 40.1 Å². The van der Waals surface area contributed by atoms with Crippen LogP contribution in [0.1, 0.15) is 5.56 Å². The van der Waals surface area contributed by atoms with E-state index in [2.05, 4.69) is 39.0 Å². The van der Waals surface area contributed by atoms with Crippen LogP contribution in [0.15, 0.2) is 53.0 Å². The topological polar surface area (TPSA) is 36.0 Å². The number of benzene rings is 2. The van der Waals surface area contributed by atoms with Crippen LogP contribution in [0.5, 0.6) is 0 Å². The molecule has 2 aromatic carbocycles. The van der Waals surface area contributed by atoms with Crippen LogP contribution in [-0.4, -0.2) is 50.3 Å². The Kier molecular flexibility index (Phi) is 5.13. The molecule has 0 bridgehead atoms. The lowest BCUT2D eigenvalue weighted by Gasteiger charge is -2.32. The van der Waals surface area contributed by atoms with Crippen molar-refractivity contribution < 1.29 is 9.53 Å². The first kappa shape index (κ1) is 17.4. The van der Waals surface area contributed by atoms with Gasteiger partial charge in [0.2, 0.25) is 0 Å². The first-order valence-electron chi connectivity index (χ1n) is 8.95. The minimum atomic E-state index is 0.0774. The highest BCUT2D eigenvalue weighted by Gasteiger charge is 2.31. The second kappa shape index (κ2) is 7.68. The zero-order valence-corrected chi connectivity index (χ0v) is 16.2. The van der Waals surface area contributed by atoms with Crippen molar-refractivity contribution in [3.8, 4) is 0 Å². The Labute approximate surface area is 162 Å². The summed E-state index contributed by atoms with van der Waals surface area (Å²) in [5.41, 5.74) is 3.26. The van der Waals surface area contributed by atoms with Gasteiger partial charge >= 0.3 is 6.03 Å². The van der Waals surface area contributed by atoms with Gasteiger partial charge in [-0.1, -0.05) is 40.2 Å². The van der Waals surface area contributed by atoms with Crippen molar-refractivity contribution in [2.75, 3.05) is 49.2 Å². The first-order valence-corrected chi connectivity index (χ1v) is 9.74. The maximum Gasteiger partial charge on any atom is 0.324 e. The standard InChI is InChI=1S/C20H22BrN3O2/c21-17-7-5-16(6-8-17)15-23-9-10-24(20(23)25)19-4-2-1-3-18(19)22-11-13-26-14-12-22/h1-8H,9-15H2. The Morgan fingerprint density at radius 2 is 1.58 bits per heavy atom. The summed E-state index contributed by atoms with van der Waals surface area (Å²) in [5.74, 6) is 0. The molecule has 5 nitrogen and oxygen atoms in total. The van der Waals surface area contributed by atoms with Crippen LogP contribution in [0.25, 0.3) is 0 Å². The maximum atomic E-state index is 13.0. The van der Waals surface area contributed by atoms with Gasteiger partial charge in [-0.05, 0) is 29.8 Å². The molecular weight excluding hydrogens is 394 g/mol. The maximum absolute atomic E-state index is 13.0. The van der Waals surface area contributed by atoms with E-state index in [-0.39, 0.29) is 6.03 Å². The summed E-state index contributed by atoms with van der Waals surface area (Å²) in [7, 11) is 0. The fourth-order valence-corrected chi connectivity index (χ4v) is 3.79. The summed E-state index contributed by atoms with van der Waals surface area (Å²) >= 11 is 3.45. The number of ether oxygens (including phenoxy) is 1. The molecule has 2 saturated heterocycles. The van der Waals surface area contributed by atoms with E-state index in [4.69, 9.17) is 4.74 Å². The van der Waals surface area contributed by atoms with Gasteiger partial charge in [-0.15, -0.1) is 0 Å². The van der Waals surface area contributed by atoms with Gasteiger partial charge < -0.3 is 14.5 Å². The predicted octanol–water partition coefficient (Wildman–Crippen LogP) is 3.73.